The number of urea groups is 1. The smallest absolute Gasteiger partial charge is 0.322 e. The highest BCUT2D eigenvalue weighted by Gasteiger charge is 2.36. The molecule has 1 aromatic rings. The number of likely N-dealkylation sites (tertiary alicyclic amines) is 1. The van der Waals surface area contributed by atoms with Crippen LogP contribution in [0, 0.1) is 0 Å². The normalized spacial score (nSPS) is 21.8. The van der Waals surface area contributed by atoms with Crippen molar-refractivity contribution in [3.05, 3.63) is 24.3 Å². The van der Waals surface area contributed by atoms with Gasteiger partial charge >= 0.3 is 6.03 Å². The Balaban J connectivity index is 1.61. The van der Waals surface area contributed by atoms with Crippen molar-refractivity contribution in [3.8, 4) is 0 Å². The highest BCUT2D eigenvalue weighted by molar-refractivity contribution is 7.84. The van der Waals surface area contributed by atoms with Crippen molar-refractivity contribution >= 4 is 28.4 Å². The minimum atomic E-state index is -1.04. The fraction of sp³-hybridized carbons (Fsp3) is 0.500. The number of hydrogen-bond acceptors (Lipinski definition) is 3. The Labute approximate surface area is 138 Å². The molecule has 2 N–H and O–H groups in total. The summed E-state index contributed by atoms with van der Waals surface area (Å²) in [5, 5.41) is 5.78. The minimum Gasteiger partial charge on any atom is -0.352 e. The van der Waals surface area contributed by atoms with E-state index in [-0.39, 0.29) is 18.0 Å². The summed E-state index contributed by atoms with van der Waals surface area (Å²) in [6, 6.07) is 6.57. The van der Waals surface area contributed by atoms with Gasteiger partial charge in [0.2, 0.25) is 5.91 Å². The number of benzene rings is 1. The SMILES string of the molecule is C[S@@](=O)c1ccc(NC(=O)N2CCC[C@@H]2C(=O)NC2CC2)cc1. The van der Waals surface area contributed by atoms with E-state index in [0.29, 0.717) is 29.6 Å². The van der Waals surface area contributed by atoms with Crippen molar-refractivity contribution in [2.75, 3.05) is 18.1 Å². The lowest BCUT2D eigenvalue weighted by Gasteiger charge is -2.24. The molecular formula is C16H21N3O3S. The molecule has 2 fully saturated rings. The van der Waals surface area contributed by atoms with Crippen molar-refractivity contribution in [1.29, 1.82) is 0 Å². The molecule has 3 rings (SSSR count). The fourth-order valence-corrected chi connectivity index (χ4v) is 3.25. The van der Waals surface area contributed by atoms with E-state index in [1.54, 1.807) is 35.4 Å². The van der Waals surface area contributed by atoms with Gasteiger partial charge in [-0.15, -0.1) is 0 Å². The van der Waals surface area contributed by atoms with Gasteiger partial charge in [-0.05, 0) is 49.9 Å². The van der Waals surface area contributed by atoms with Crippen LogP contribution in [0.15, 0.2) is 29.2 Å². The molecule has 1 aliphatic heterocycles. The molecule has 2 atom stereocenters. The first-order valence-corrected chi connectivity index (χ1v) is 9.42. The average Bonchev–Trinajstić information content (AvgIpc) is 3.19. The minimum absolute atomic E-state index is 0.0446. The number of carbonyl (C=O) groups is 2. The van der Waals surface area contributed by atoms with Crippen LogP contribution in [0.1, 0.15) is 25.7 Å². The highest BCUT2D eigenvalue weighted by atomic mass is 32.2. The fourth-order valence-electron chi connectivity index (χ4n) is 2.73. The maximum absolute atomic E-state index is 12.4. The van der Waals surface area contributed by atoms with Crippen molar-refractivity contribution in [1.82, 2.24) is 10.2 Å². The van der Waals surface area contributed by atoms with Crippen LogP contribution in [0.25, 0.3) is 0 Å². The first-order valence-electron chi connectivity index (χ1n) is 7.86. The Hall–Kier alpha value is -1.89. The summed E-state index contributed by atoms with van der Waals surface area (Å²) >= 11 is 0. The maximum Gasteiger partial charge on any atom is 0.322 e. The number of nitrogens with one attached hydrogen (secondary N) is 2. The van der Waals surface area contributed by atoms with Crippen molar-refractivity contribution in [2.24, 2.45) is 0 Å². The largest absolute Gasteiger partial charge is 0.352 e. The van der Waals surface area contributed by atoms with Gasteiger partial charge in [-0.1, -0.05) is 0 Å². The first-order chi connectivity index (χ1) is 11.0. The monoisotopic (exact) mass is 335 g/mol. The molecule has 0 unspecified atom stereocenters. The summed E-state index contributed by atoms with van der Waals surface area (Å²) < 4.78 is 11.4. The van der Waals surface area contributed by atoms with Gasteiger partial charge in [0.05, 0.1) is 0 Å². The Bertz CT molecular complexity index is 628. The molecule has 1 aliphatic carbocycles. The zero-order valence-corrected chi connectivity index (χ0v) is 13.9. The van der Waals surface area contributed by atoms with Gasteiger partial charge in [0, 0.05) is 40.2 Å². The Kier molecular flexibility index (Phi) is 4.66. The highest BCUT2D eigenvalue weighted by Crippen LogP contribution is 2.23. The quantitative estimate of drug-likeness (QED) is 0.879. The first kappa shape index (κ1) is 16.0. The van der Waals surface area contributed by atoms with E-state index < -0.39 is 10.8 Å². The second kappa shape index (κ2) is 6.70. The van der Waals surface area contributed by atoms with E-state index in [1.807, 2.05) is 0 Å². The molecule has 1 aromatic carbocycles. The topological polar surface area (TPSA) is 78.5 Å². The average molecular weight is 335 g/mol. The number of hydrogen-bond donors (Lipinski definition) is 2. The van der Waals surface area contributed by atoms with E-state index >= 15 is 0 Å². The molecule has 2 aliphatic rings. The van der Waals surface area contributed by atoms with Crippen LogP contribution in [0.2, 0.25) is 0 Å². The molecule has 124 valence electrons. The van der Waals surface area contributed by atoms with E-state index in [0.717, 1.165) is 19.3 Å². The number of nitrogens with zero attached hydrogens (tertiary/aromatic N) is 1. The third-order valence-electron chi connectivity index (χ3n) is 4.18. The Morgan fingerprint density at radius 3 is 2.48 bits per heavy atom. The maximum atomic E-state index is 12.4. The number of carbonyl (C=O) groups excluding carboxylic acids is 2. The molecule has 23 heavy (non-hydrogen) atoms. The number of rotatable bonds is 4. The van der Waals surface area contributed by atoms with E-state index in [4.69, 9.17) is 0 Å². The predicted octanol–water partition coefficient (Wildman–Crippen LogP) is 1.70. The molecule has 0 bridgehead atoms. The second-order valence-corrected chi connectivity index (χ2v) is 7.42. The third kappa shape index (κ3) is 3.90. The van der Waals surface area contributed by atoms with Crippen molar-refractivity contribution in [3.63, 3.8) is 0 Å². The molecule has 3 amide bonds. The molecule has 0 aromatic heterocycles. The molecule has 0 radical (unpaired) electrons. The predicted molar refractivity (Wildman–Crippen MR) is 88.7 cm³/mol. The molecule has 6 nitrogen and oxygen atoms in total. The van der Waals surface area contributed by atoms with E-state index in [1.165, 1.54) is 0 Å². The summed E-state index contributed by atoms with van der Waals surface area (Å²) in [6.45, 7) is 0.589. The van der Waals surface area contributed by atoms with E-state index in [2.05, 4.69) is 10.6 Å². The van der Waals surface area contributed by atoms with Crippen LogP contribution in [-0.4, -0.2) is 45.9 Å². The summed E-state index contributed by atoms with van der Waals surface area (Å²) in [4.78, 5) is 27.0. The van der Waals surface area contributed by atoms with Crippen molar-refractivity contribution in [2.45, 2.75) is 42.7 Å². The molecule has 0 spiro atoms. The third-order valence-corrected chi connectivity index (χ3v) is 5.11. The van der Waals surface area contributed by atoms with Crippen LogP contribution < -0.4 is 10.6 Å². The lowest BCUT2D eigenvalue weighted by atomic mass is 10.2. The van der Waals surface area contributed by atoms with Gasteiger partial charge in [0.15, 0.2) is 0 Å². The van der Waals surface area contributed by atoms with Crippen LogP contribution in [0.3, 0.4) is 0 Å². The number of amides is 3. The van der Waals surface area contributed by atoms with Crippen LogP contribution in [0.4, 0.5) is 10.5 Å². The molecule has 7 heteroatoms. The van der Waals surface area contributed by atoms with Crippen LogP contribution >= 0.6 is 0 Å². The van der Waals surface area contributed by atoms with Crippen LogP contribution in [-0.2, 0) is 15.6 Å². The Morgan fingerprint density at radius 1 is 1.17 bits per heavy atom. The Morgan fingerprint density at radius 2 is 1.87 bits per heavy atom. The summed E-state index contributed by atoms with van der Waals surface area (Å²) in [7, 11) is -1.04. The van der Waals surface area contributed by atoms with Crippen LogP contribution in [0.5, 0.6) is 0 Å². The lowest BCUT2D eigenvalue weighted by molar-refractivity contribution is -0.124. The van der Waals surface area contributed by atoms with Gasteiger partial charge in [0.25, 0.3) is 0 Å². The van der Waals surface area contributed by atoms with Gasteiger partial charge in [-0.2, -0.15) is 0 Å². The summed E-state index contributed by atoms with van der Waals surface area (Å²) in [6.07, 6.45) is 5.23. The lowest BCUT2D eigenvalue weighted by Crippen LogP contribution is -2.47. The summed E-state index contributed by atoms with van der Waals surface area (Å²) in [5.41, 5.74) is 0.637. The van der Waals surface area contributed by atoms with Crippen molar-refractivity contribution < 1.29 is 13.8 Å². The zero-order valence-electron chi connectivity index (χ0n) is 13.1. The summed E-state index contributed by atoms with van der Waals surface area (Å²) in [5.74, 6) is -0.0446. The molecule has 1 saturated heterocycles. The van der Waals surface area contributed by atoms with Gasteiger partial charge in [0.1, 0.15) is 6.04 Å². The molecular weight excluding hydrogens is 314 g/mol. The molecule has 1 saturated carbocycles. The standard InChI is InChI=1S/C16H21N3O3S/c1-23(22)13-8-6-12(7-9-13)18-16(21)19-10-2-3-14(19)15(20)17-11-4-5-11/h6-9,11,14H,2-5,10H2,1H3,(H,17,20)(H,18,21)/t14-,23-/m1/s1. The van der Waals surface area contributed by atoms with Gasteiger partial charge in [-0.3, -0.25) is 9.00 Å². The zero-order chi connectivity index (χ0) is 16.4. The van der Waals surface area contributed by atoms with Gasteiger partial charge in [-0.25, -0.2) is 4.79 Å². The second-order valence-electron chi connectivity index (χ2n) is 6.04. The van der Waals surface area contributed by atoms with Gasteiger partial charge < -0.3 is 15.5 Å². The van der Waals surface area contributed by atoms with E-state index in [9.17, 15) is 13.8 Å². The molecule has 1 heterocycles. The number of anilines is 1.